The minimum Gasteiger partial charge on any atom is -0.497 e. The molecule has 5 nitrogen and oxygen atoms in total. The normalized spacial score (nSPS) is 10.1. The molecule has 0 aliphatic heterocycles. The molecule has 0 fully saturated rings. The van der Waals surface area contributed by atoms with Gasteiger partial charge in [0.2, 0.25) is 11.0 Å². The molecule has 94 valence electrons. The predicted octanol–water partition coefficient (Wildman–Crippen LogP) is 1.87. The number of carbonyl (C=O) groups excluding carboxylic acids is 1. The predicted molar refractivity (Wildman–Crippen MR) is 65.2 cm³/mol. The summed E-state index contributed by atoms with van der Waals surface area (Å²) < 4.78 is 18.5. The van der Waals surface area contributed by atoms with Crippen molar-refractivity contribution < 1.29 is 13.9 Å². The summed E-state index contributed by atoms with van der Waals surface area (Å²) in [4.78, 5) is 11.7. The second kappa shape index (κ2) is 5.54. The van der Waals surface area contributed by atoms with Gasteiger partial charge < -0.3 is 10.1 Å². The van der Waals surface area contributed by atoms with E-state index in [4.69, 9.17) is 4.74 Å². The molecule has 0 aliphatic carbocycles. The van der Waals surface area contributed by atoms with Crippen molar-refractivity contribution in [1.82, 2.24) is 10.2 Å². The van der Waals surface area contributed by atoms with Gasteiger partial charge in [-0.2, -0.15) is 0 Å². The van der Waals surface area contributed by atoms with Gasteiger partial charge >= 0.3 is 0 Å². The average molecular weight is 267 g/mol. The van der Waals surface area contributed by atoms with Crippen LogP contribution in [0, 0.1) is 5.82 Å². The van der Waals surface area contributed by atoms with E-state index in [0.29, 0.717) is 10.9 Å². The van der Waals surface area contributed by atoms with Crippen LogP contribution in [0.15, 0.2) is 23.7 Å². The molecule has 0 aliphatic rings. The van der Waals surface area contributed by atoms with Gasteiger partial charge in [0.05, 0.1) is 13.5 Å². The molecule has 1 aromatic carbocycles. The van der Waals surface area contributed by atoms with E-state index in [9.17, 15) is 9.18 Å². The number of halogens is 1. The second-order valence-corrected chi connectivity index (χ2v) is 4.26. The third-order valence-corrected chi connectivity index (χ3v) is 2.82. The summed E-state index contributed by atoms with van der Waals surface area (Å²) in [6.07, 6.45) is -0.0807. The molecule has 7 heteroatoms. The maximum atomic E-state index is 13.5. The van der Waals surface area contributed by atoms with Gasteiger partial charge in [0.1, 0.15) is 17.1 Å². The molecule has 1 heterocycles. The van der Waals surface area contributed by atoms with Crippen LogP contribution in [0.5, 0.6) is 5.75 Å². The Kier molecular flexibility index (Phi) is 3.83. The average Bonchev–Trinajstić information content (AvgIpc) is 2.84. The van der Waals surface area contributed by atoms with Crippen LogP contribution in [0.2, 0.25) is 0 Å². The lowest BCUT2D eigenvalue weighted by molar-refractivity contribution is -0.115. The number of carbonyl (C=O) groups is 1. The van der Waals surface area contributed by atoms with Crippen molar-refractivity contribution in [2.45, 2.75) is 6.42 Å². The van der Waals surface area contributed by atoms with E-state index >= 15 is 0 Å². The number of nitrogens with one attached hydrogen (secondary N) is 1. The van der Waals surface area contributed by atoms with Crippen LogP contribution < -0.4 is 10.1 Å². The summed E-state index contributed by atoms with van der Waals surface area (Å²) in [5.74, 6) is -0.280. The van der Waals surface area contributed by atoms with Crippen LogP contribution in [0.3, 0.4) is 0 Å². The van der Waals surface area contributed by atoms with Crippen molar-refractivity contribution in [1.29, 1.82) is 0 Å². The number of amides is 1. The number of methoxy groups -OCH3 is 1. The first kappa shape index (κ1) is 12.4. The largest absolute Gasteiger partial charge is 0.497 e. The van der Waals surface area contributed by atoms with Crippen molar-refractivity contribution in [3.8, 4) is 5.75 Å². The summed E-state index contributed by atoms with van der Waals surface area (Å²) in [6, 6.07) is 4.27. The van der Waals surface area contributed by atoms with Crippen molar-refractivity contribution in [2.75, 3.05) is 12.4 Å². The summed E-state index contributed by atoms with van der Waals surface area (Å²) in [5, 5.41) is 10.2. The van der Waals surface area contributed by atoms with Crippen LogP contribution in [-0.2, 0) is 11.2 Å². The van der Waals surface area contributed by atoms with Crippen molar-refractivity contribution in [3.63, 3.8) is 0 Å². The third kappa shape index (κ3) is 3.01. The lowest BCUT2D eigenvalue weighted by Gasteiger charge is -2.05. The monoisotopic (exact) mass is 267 g/mol. The molecule has 0 atom stereocenters. The van der Waals surface area contributed by atoms with Crippen LogP contribution in [0.25, 0.3) is 0 Å². The molecule has 0 unspecified atom stereocenters. The molecule has 0 radical (unpaired) electrons. The summed E-state index contributed by atoms with van der Waals surface area (Å²) in [5.41, 5.74) is 1.78. The Morgan fingerprint density at radius 1 is 1.56 bits per heavy atom. The van der Waals surface area contributed by atoms with Gasteiger partial charge in [0.25, 0.3) is 0 Å². The van der Waals surface area contributed by atoms with Crippen molar-refractivity contribution in [2.24, 2.45) is 0 Å². The number of benzene rings is 1. The zero-order valence-electron chi connectivity index (χ0n) is 9.51. The highest BCUT2D eigenvalue weighted by Crippen LogP contribution is 2.17. The maximum Gasteiger partial charge on any atom is 0.230 e. The van der Waals surface area contributed by atoms with Gasteiger partial charge in [-0.3, -0.25) is 4.79 Å². The van der Waals surface area contributed by atoms with Crippen molar-refractivity contribution >= 4 is 22.4 Å². The van der Waals surface area contributed by atoms with Gasteiger partial charge in [0.15, 0.2) is 0 Å². The van der Waals surface area contributed by atoms with Gasteiger partial charge in [-0.05, 0) is 18.2 Å². The molecular formula is C11H10FN3O2S. The molecule has 2 rings (SSSR count). The fourth-order valence-electron chi connectivity index (χ4n) is 1.38. The van der Waals surface area contributed by atoms with E-state index in [1.807, 2.05) is 0 Å². The number of ether oxygens (including phenoxy) is 1. The highest BCUT2D eigenvalue weighted by Gasteiger charge is 2.11. The molecule has 18 heavy (non-hydrogen) atoms. The standard InChI is InChI=1S/C11H10FN3O2S/c1-17-8-2-3-9(12)7(4-8)5-10(16)14-11-15-13-6-18-11/h2-4,6H,5H2,1H3,(H,14,15,16). The molecule has 0 spiro atoms. The molecule has 2 aromatic rings. The maximum absolute atomic E-state index is 13.5. The van der Waals surface area contributed by atoms with Crippen molar-refractivity contribution in [3.05, 3.63) is 35.1 Å². The number of hydrogen-bond donors (Lipinski definition) is 1. The Labute approximate surface area is 107 Å². The highest BCUT2D eigenvalue weighted by molar-refractivity contribution is 7.13. The fourth-order valence-corrected chi connectivity index (χ4v) is 1.84. The summed E-state index contributed by atoms with van der Waals surface area (Å²) in [6.45, 7) is 0. The van der Waals surface area contributed by atoms with Gasteiger partial charge in [-0.1, -0.05) is 11.3 Å². The molecule has 0 saturated heterocycles. The topological polar surface area (TPSA) is 64.1 Å². The van der Waals surface area contributed by atoms with Crippen LogP contribution in [0.4, 0.5) is 9.52 Å². The molecule has 0 saturated carbocycles. The van der Waals surface area contributed by atoms with E-state index in [1.165, 1.54) is 42.2 Å². The van der Waals surface area contributed by atoms with Crippen LogP contribution in [0.1, 0.15) is 5.56 Å². The van der Waals surface area contributed by atoms with E-state index < -0.39 is 5.82 Å². The lowest BCUT2D eigenvalue weighted by Crippen LogP contribution is -2.15. The Balaban J connectivity index is 2.06. The molecule has 0 bridgehead atoms. The van der Waals surface area contributed by atoms with E-state index in [1.54, 1.807) is 0 Å². The number of hydrogen-bond acceptors (Lipinski definition) is 5. The molecule has 1 amide bonds. The number of rotatable bonds is 4. The first-order valence-electron chi connectivity index (χ1n) is 5.07. The second-order valence-electron chi connectivity index (χ2n) is 3.43. The van der Waals surface area contributed by atoms with Crippen LogP contribution in [-0.4, -0.2) is 23.2 Å². The molecular weight excluding hydrogens is 257 g/mol. The number of anilines is 1. The quantitative estimate of drug-likeness (QED) is 0.918. The summed E-state index contributed by atoms with van der Waals surface area (Å²) >= 11 is 1.20. The van der Waals surface area contributed by atoms with Gasteiger partial charge in [-0.25, -0.2) is 4.39 Å². The Hall–Kier alpha value is -2.02. The summed E-state index contributed by atoms with van der Waals surface area (Å²) in [7, 11) is 1.48. The SMILES string of the molecule is COc1ccc(F)c(CC(=O)Nc2nncs2)c1. The molecule has 1 N–H and O–H groups in total. The Morgan fingerprint density at radius 2 is 2.39 bits per heavy atom. The zero-order valence-corrected chi connectivity index (χ0v) is 10.3. The highest BCUT2D eigenvalue weighted by atomic mass is 32.1. The minimum atomic E-state index is -0.441. The lowest BCUT2D eigenvalue weighted by atomic mass is 10.1. The Bertz CT molecular complexity index is 545. The minimum absolute atomic E-state index is 0.0807. The third-order valence-electron chi connectivity index (χ3n) is 2.21. The first-order valence-corrected chi connectivity index (χ1v) is 5.95. The first-order chi connectivity index (χ1) is 8.69. The van der Waals surface area contributed by atoms with Gasteiger partial charge in [-0.15, -0.1) is 10.2 Å². The number of aromatic nitrogens is 2. The fraction of sp³-hybridized carbons (Fsp3) is 0.182. The Morgan fingerprint density at radius 3 is 3.06 bits per heavy atom. The van der Waals surface area contributed by atoms with Crippen LogP contribution >= 0.6 is 11.3 Å². The molecule has 1 aromatic heterocycles. The van der Waals surface area contributed by atoms with E-state index in [2.05, 4.69) is 15.5 Å². The van der Waals surface area contributed by atoms with E-state index in [-0.39, 0.29) is 17.9 Å². The van der Waals surface area contributed by atoms with E-state index in [0.717, 1.165) is 0 Å². The zero-order chi connectivity index (χ0) is 13.0. The van der Waals surface area contributed by atoms with Gasteiger partial charge in [0, 0.05) is 5.56 Å². The smallest absolute Gasteiger partial charge is 0.230 e. The number of nitrogens with zero attached hydrogens (tertiary/aromatic N) is 2.